The summed E-state index contributed by atoms with van der Waals surface area (Å²) in [7, 11) is 0. The summed E-state index contributed by atoms with van der Waals surface area (Å²) in [5.74, 6) is 0.294. The molecule has 1 aromatic heterocycles. The first-order chi connectivity index (χ1) is 11.8. The van der Waals surface area contributed by atoms with Gasteiger partial charge in [0, 0.05) is 38.4 Å². The van der Waals surface area contributed by atoms with Crippen molar-refractivity contribution in [2.45, 2.75) is 19.1 Å². The van der Waals surface area contributed by atoms with Crippen LogP contribution in [-0.4, -0.2) is 36.1 Å². The van der Waals surface area contributed by atoms with Crippen molar-refractivity contribution in [2.75, 3.05) is 31.1 Å². The molecule has 0 bridgehead atoms. The molecule has 25 heavy (non-hydrogen) atoms. The lowest BCUT2D eigenvalue weighted by Gasteiger charge is -2.38. The van der Waals surface area contributed by atoms with Crippen LogP contribution in [0.4, 0.5) is 23.4 Å². The molecule has 0 radical (unpaired) electrons. The number of benzene rings is 1. The molecule has 3 rings (SSSR count). The van der Waals surface area contributed by atoms with E-state index in [1.807, 2.05) is 17.9 Å². The van der Waals surface area contributed by atoms with Gasteiger partial charge >= 0.3 is 6.18 Å². The van der Waals surface area contributed by atoms with Crippen molar-refractivity contribution < 1.29 is 17.6 Å². The van der Waals surface area contributed by atoms with E-state index in [0.717, 1.165) is 30.9 Å². The minimum Gasteiger partial charge on any atom is -0.354 e. The van der Waals surface area contributed by atoms with Gasteiger partial charge in [0.2, 0.25) is 0 Å². The zero-order valence-corrected chi connectivity index (χ0v) is 13.8. The number of hydrogen-bond acceptors (Lipinski definition) is 3. The number of anilines is 1. The van der Waals surface area contributed by atoms with E-state index in [0.29, 0.717) is 18.9 Å². The van der Waals surface area contributed by atoms with Crippen LogP contribution in [0.3, 0.4) is 0 Å². The normalized spacial score (nSPS) is 17.6. The summed E-state index contributed by atoms with van der Waals surface area (Å²) in [6.07, 6.45) is -3.50. The third-order valence-electron chi connectivity index (χ3n) is 4.59. The van der Waals surface area contributed by atoms with E-state index in [1.54, 1.807) is 6.07 Å². The molecule has 134 valence electrons. The van der Waals surface area contributed by atoms with Crippen LogP contribution in [0.1, 0.15) is 24.1 Å². The molecule has 1 aliphatic heterocycles. The smallest absolute Gasteiger partial charge is 0.354 e. The maximum atomic E-state index is 13.4. The molecule has 1 unspecified atom stereocenters. The van der Waals surface area contributed by atoms with Crippen LogP contribution in [0.25, 0.3) is 0 Å². The van der Waals surface area contributed by atoms with Gasteiger partial charge in [0.1, 0.15) is 11.6 Å². The van der Waals surface area contributed by atoms with Gasteiger partial charge in [-0.3, -0.25) is 4.90 Å². The Hall–Kier alpha value is -2.15. The standard InChI is InChI=1S/C18H19F4N3/c1-13(14-3-2-4-16(19)11-14)24-7-9-25(10-8-24)17-6-5-15(12-23-17)18(20,21)22/h2-6,11-13H,7-10H2,1H3. The second kappa shape index (κ2) is 7.00. The molecule has 0 saturated carbocycles. The molecule has 1 atom stereocenters. The Morgan fingerprint density at radius 3 is 2.32 bits per heavy atom. The number of alkyl halides is 3. The quantitative estimate of drug-likeness (QED) is 0.774. The van der Waals surface area contributed by atoms with Gasteiger partial charge in [-0.2, -0.15) is 13.2 Å². The molecule has 2 aromatic rings. The van der Waals surface area contributed by atoms with Crippen LogP contribution < -0.4 is 4.90 Å². The minimum absolute atomic E-state index is 0.0819. The average Bonchev–Trinajstić information content (AvgIpc) is 2.61. The van der Waals surface area contributed by atoms with E-state index in [4.69, 9.17) is 0 Å². The summed E-state index contributed by atoms with van der Waals surface area (Å²) in [5, 5.41) is 0. The molecular weight excluding hydrogens is 334 g/mol. The van der Waals surface area contributed by atoms with Gasteiger partial charge in [0.05, 0.1) is 5.56 Å². The first-order valence-electron chi connectivity index (χ1n) is 8.12. The lowest BCUT2D eigenvalue weighted by atomic mass is 10.1. The molecule has 1 saturated heterocycles. The second-order valence-electron chi connectivity index (χ2n) is 6.16. The molecular formula is C18H19F4N3. The summed E-state index contributed by atoms with van der Waals surface area (Å²) >= 11 is 0. The fraction of sp³-hybridized carbons (Fsp3) is 0.389. The fourth-order valence-corrected chi connectivity index (χ4v) is 3.06. The van der Waals surface area contributed by atoms with E-state index >= 15 is 0 Å². The molecule has 0 aliphatic carbocycles. The van der Waals surface area contributed by atoms with Crippen molar-refractivity contribution in [2.24, 2.45) is 0 Å². The summed E-state index contributed by atoms with van der Waals surface area (Å²) in [6, 6.07) is 9.11. The second-order valence-corrected chi connectivity index (χ2v) is 6.16. The molecule has 0 spiro atoms. The number of pyridine rings is 1. The van der Waals surface area contributed by atoms with E-state index in [2.05, 4.69) is 9.88 Å². The number of hydrogen-bond donors (Lipinski definition) is 0. The fourth-order valence-electron chi connectivity index (χ4n) is 3.06. The van der Waals surface area contributed by atoms with Crippen molar-refractivity contribution in [1.29, 1.82) is 0 Å². The van der Waals surface area contributed by atoms with Gasteiger partial charge in [-0.05, 0) is 36.8 Å². The van der Waals surface area contributed by atoms with Crippen molar-refractivity contribution in [1.82, 2.24) is 9.88 Å². The average molecular weight is 353 g/mol. The number of aromatic nitrogens is 1. The number of piperazine rings is 1. The maximum Gasteiger partial charge on any atom is 0.417 e. The third-order valence-corrected chi connectivity index (χ3v) is 4.59. The Morgan fingerprint density at radius 1 is 1.04 bits per heavy atom. The topological polar surface area (TPSA) is 19.4 Å². The minimum atomic E-state index is -4.37. The summed E-state index contributed by atoms with van der Waals surface area (Å²) in [6.45, 7) is 4.83. The highest BCUT2D eigenvalue weighted by atomic mass is 19.4. The molecule has 0 N–H and O–H groups in total. The first-order valence-corrected chi connectivity index (χ1v) is 8.12. The van der Waals surface area contributed by atoms with Gasteiger partial charge in [-0.15, -0.1) is 0 Å². The Labute approximate surface area is 143 Å². The van der Waals surface area contributed by atoms with Crippen LogP contribution in [0.2, 0.25) is 0 Å². The van der Waals surface area contributed by atoms with Crippen LogP contribution in [0.15, 0.2) is 42.6 Å². The van der Waals surface area contributed by atoms with Crippen LogP contribution in [0, 0.1) is 5.82 Å². The number of nitrogens with zero attached hydrogens (tertiary/aromatic N) is 3. The third kappa shape index (κ3) is 4.10. The van der Waals surface area contributed by atoms with Crippen LogP contribution >= 0.6 is 0 Å². The zero-order valence-electron chi connectivity index (χ0n) is 13.8. The Morgan fingerprint density at radius 2 is 1.76 bits per heavy atom. The lowest BCUT2D eigenvalue weighted by molar-refractivity contribution is -0.137. The van der Waals surface area contributed by atoms with Gasteiger partial charge in [0.25, 0.3) is 0 Å². The first kappa shape index (κ1) is 17.7. The highest BCUT2D eigenvalue weighted by Crippen LogP contribution is 2.30. The molecule has 0 amide bonds. The molecule has 3 nitrogen and oxygen atoms in total. The summed E-state index contributed by atoms with van der Waals surface area (Å²) < 4.78 is 51.2. The van der Waals surface area contributed by atoms with Gasteiger partial charge in [-0.1, -0.05) is 12.1 Å². The summed E-state index contributed by atoms with van der Waals surface area (Å²) in [5.41, 5.74) is 0.177. The van der Waals surface area contributed by atoms with Gasteiger partial charge in [-0.25, -0.2) is 9.37 Å². The van der Waals surface area contributed by atoms with E-state index in [1.165, 1.54) is 18.2 Å². The van der Waals surface area contributed by atoms with Crippen molar-refractivity contribution in [3.8, 4) is 0 Å². The van der Waals surface area contributed by atoms with E-state index in [-0.39, 0.29) is 11.9 Å². The van der Waals surface area contributed by atoms with Gasteiger partial charge < -0.3 is 4.90 Å². The highest BCUT2D eigenvalue weighted by Gasteiger charge is 2.31. The Bertz CT molecular complexity index is 707. The number of halogens is 4. The van der Waals surface area contributed by atoms with Crippen LogP contribution in [0.5, 0.6) is 0 Å². The van der Waals surface area contributed by atoms with Crippen molar-refractivity contribution in [3.63, 3.8) is 0 Å². The Kier molecular flexibility index (Phi) is 4.94. The molecule has 7 heteroatoms. The molecule has 1 aromatic carbocycles. The molecule has 1 fully saturated rings. The Balaban J connectivity index is 1.62. The predicted octanol–water partition coefficient (Wildman–Crippen LogP) is 4.12. The lowest BCUT2D eigenvalue weighted by Crippen LogP contribution is -2.47. The SMILES string of the molecule is CC(c1cccc(F)c1)N1CCN(c2ccc(C(F)(F)F)cn2)CC1. The van der Waals surface area contributed by atoms with Crippen molar-refractivity contribution in [3.05, 3.63) is 59.5 Å². The summed E-state index contributed by atoms with van der Waals surface area (Å²) in [4.78, 5) is 8.15. The largest absolute Gasteiger partial charge is 0.417 e. The zero-order chi connectivity index (χ0) is 18.0. The molecule has 1 aliphatic rings. The molecule has 2 heterocycles. The number of rotatable bonds is 3. The van der Waals surface area contributed by atoms with Crippen molar-refractivity contribution >= 4 is 5.82 Å². The maximum absolute atomic E-state index is 13.4. The van der Waals surface area contributed by atoms with Crippen LogP contribution in [-0.2, 0) is 6.18 Å². The monoisotopic (exact) mass is 353 g/mol. The van der Waals surface area contributed by atoms with Gasteiger partial charge in [0.15, 0.2) is 0 Å². The van der Waals surface area contributed by atoms with E-state index in [9.17, 15) is 17.6 Å². The predicted molar refractivity (Wildman–Crippen MR) is 87.8 cm³/mol. The van der Waals surface area contributed by atoms with E-state index < -0.39 is 11.7 Å². The highest BCUT2D eigenvalue weighted by molar-refractivity contribution is 5.40.